The molecule has 1 atom stereocenters. The SMILES string of the molecule is CCC(C)NC(=NCC(=O)N(C)C)N(C)CCOc1ccc(OC)cc1.I. The zero-order valence-corrected chi connectivity index (χ0v) is 19.5. The van der Waals surface area contributed by atoms with Crippen LogP contribution in [0.4, 0.5) is 0 Å². The molecule has 1 rings (SSSR count). The molecule has 0 saturated heterocycles. The van der Waals surface area contributed by atoms with Crippen molar-refractivity contribution in [1.82, 2.24) is 15.1 Å². The molecule has 0 aliphatic rings. The van der Waals surface area contributed by atoms with E-state index >= 15 is 0 Å². The van der Waals surface area contributed by atoms with Crippen LogP contribution in [-0.2, 0) is 4.79 Å². The van der Waals surface area contributed by atoms with Gasteiger partial charge in [-0.05, 0) is 37.6 Å². The second-order valence-corrected chi connectivity index (χ2v) is 6.33. The summed E-state index contributed by atoms with van der Waals surface area (Å²) in [7, 11) is 7.03. The molecule has 0 fully saturated rings. The molecule has 0 aliphatic carbocycles. The Bertz CT molecular complexity index is 579. The summed E-state index contributed by atoms with van der Waals surface area (Å²) < 4.78 is 10.9. The van der Waals surface area contributed by atoms with Crippen molar-refractivity contribution in [3.05, 3.63) is 24.3 Å². The maximum atomic E-state index is 11.8. The van der Waals surface area contributed by atoms with Crippen LogP contribution < -0.4 is 14.8 Å². The van der Waals surface area contributed by atoms with Gasteiger partial charge in [-0.15, -0.1) is 24.0 Å². The van der Waals surface area contributed by atoms with Gasteiger partial charge in [0, 0.05) is 27.2 Å². The van der Waals surface area contributed by atoms with Crippen molar-refractivity contribution < 1.29 is 14.3 Å². The number of rotatable bonds is 9. The van der Waals surface area contributed by atoms with Gasteiger partial charge in [0.25, 0.3) is 0 Å². The van der Waals surface area contributed by atoms with Crippen LogP contribution in [0.3, 0.4) is 0 Å². The van der Waals surface area contributed by atoms with E-state index in [0.29, 0.717) is 19.1 Å². The number of nitrogens with zero attached hydrogens (tertiary/aromatic N) is 3. The summed E-state index contributed by atoms with van der Waals surface area (Å²) in [5, 5.41) is 3.36. The lowest BCUT2D eigenvalue weighted by molar-refractivity contribution is -0.127. The first-order valence-corrected chi connectivity index (χ1v) is 8.86. The lowest BCUT2D eigenvalue weighted by Crippen LogP contribution is -2.45. The largest absolute Gasteiger partial charge is 0.497 e. The van der Waals surface area contributed by atoms with E-state index in [1.54, 1.807) is 21.2 Å². The number of nitrogens with one attached hydrogen (secondary N) is 1. The molecular formula is C19H33IN4O3. The van der Waals surface area contributed by atoms with Crippen molar-refractivity contribution in [2.45, 2.75) is 26.3 Å². The molecule has 27 heavy (non-hydrogen) atoms. The van der Waals surface area contributed by atoms with Crippen LogP contribution >= 0.6 is 24.0 Å². The number of halogens is 1. The number of hydrogen-bond donors (Lipinski definition) is 1. The first kappa shape index (κ1) is 25.3. The van der Waals surface area contributed by atoms with Gasteiger partial charge < -0.3 is 24.6 Å². The van der Waals surface area contributed by atoms with Crippen molar-refractivity contribution in [3.63, 3.8) is 0 Å². The quantitative estimate of drug-likeness (QED) is 0.326. The van der Waals surface area contributed by atoms with Gasteiger partial charge in [-0.2, -0.15) is 0 Å². The second kappa shape index (κ2) is 13.5. The Kier molecular flexibility index (Phi) is 12.6. The fraction of sp³-hybridized carbons (Fsp3) is 0.579. The van der Waals surface area contributed by atoms with Crippen LogP contribution in [0.5, 0.6) is 11.5 Å². The van der Waals surface area contributed by atoms with Crippen LogP contribution in [0.1, 0.15) is 20.3 Å². The maximum absolute atomic E-state index is 11.8. The Morgan fingerprint density at radius 1 is 1.19 bits per heavy atom. The molecule has 1 unspecified atom stereocenters. The number of benzene rings is 1. The summed E-state index contributed by atoms with van der Waals surface area (Å²) in [6, 6.07) is 7.75. The minimum absolute atomic E-state index is 0. The molecule has 1 N–H and O–H groups in total. The number of aliphatic imine (C=N–C) groups is 1. The molecule has 7 nitrogen and oxygen atoms in total. The highest BCUT2D eigenvalue weighted by molar-refractivity contribution is 14.0. The standard InChI is InChI=1S/C19H32N4O3.HI/c1-7-15(2)21-19(20-14-18(24)22(3)4)23(5)12-13-26-17-10-8-16(25-6)9-11-17;/h8-11,15H,7,12-14H2,1-6H3,(H,20,21);1H. The summed E-state index contributed by atoms with van der Waals surface area (Å²) in [6.45, 7) is 5.46. The van der Waals surface area contributed by atoms with E-state index in [2.05, 4.69) is 24.2 Å². The van der Waals surface area contributed by atoms with Crippen molar-refractivity contribution in [2.24, 2.45) is 4.99 Å². The highest BCUT2D eigenvalue weighted by atomic mass is 127. The van der Waals surface area contributed by atoms with Crippen molar-refractivity contribution in [3.8, 4) is 11.5 Å². The number of amides is 1. The molecule has 0 bridgehead atoms. The molecule has 0 spiro atoms. The van der Waals surface area contributed by atoms with E-state index in [-0.39, 0.29) is 42.5 Å². The number of hydrogen-bond acceptors (Lipinski definition) is 4. The van der Waals surface area contributed by atoms with Crippen LogP contribution in [0, 0.1) is 0 Å². The molecule has 0 heterocycles. The summed E-state index contributed by atoms with van der Waals surface area (Å²) in [5.74, 6) is 2.26. The van der Waals surface area contributed by atoms with Gasteiger partial charge >= 0.3 is 0 Å². The van der Waals surface area contributed by atoms with E-state index in [0.717, 1.165) is 17.9 Å². The first-order valence-electron chi connectivity index (χ1n) is 8.86. The third-order valence-electron chi connectivity index (χ3n) is 3.97. The molecule has 1 aromatic rings. The fourth-order valence-electron chi connectivity index (χ4n) is 1.96. The second-order valence-electron chi connectivity index (χ2n) is 6.33. The van der Waals surface area contributed by atoms with Crippen LogP contribution in [-0.4, -0.2) is 75.7 Å². The lowest BCUT2D eigenvalue weighted by Gasteiger charge is -2.25. The average Bonchev–Trinajstić information content (AvgIpc) is 2.64. The number of methoxy groups -OCH3 is 1. The van der Waals surface area contributed by atoms with Gasteiger partial charge in [-0.25, -0.2) is 4.99 Å². The molecule has 8 heteroatoms. The number of guanidine groups is 1. The van der Waals surface area contributed by atoms with Gasteiger partial charge in [0.1, 0.15) is 24.7 Å². The van der Waals surface area contributed by atoms with Crippen molar-refractivity contribution in [1.29, 1.82) is 0 Å². The highest BCUT2D eigenvalue weighted by Gasteiger charge is 2.11. The van der Waals surface area contributed by atoms with Crippen LogP contribution in [0.2, 0.25) is 0 Å². The highest BCUT2D eigenvalue weighted by Crippen LogP contribution is 2.16. The average molecular weight is 492 g/mol. The van der Waals surface area contributed by atoms with E-state index in [9.17, 15) is 4.79 Å². The molecule has 1 aromatic carbocycles. The Balaban J connectivity index is 0.00000676. The molecular weight excluding hydrogens is 459 g/mol. The number of likely N-dealkylation sites (N-methyl/N-ethyl adjacent to an activating group) is 2. The third kappa shape index (κ3) is 9.69. The Morgan fingerprint density at radius 3 is 2.30 bits per heavy atom. The van der Waals surface area contributed by atoms with Gasteiger partial charge in [0.05, 0.1) is 13.7 Å². The summed E-state index contributed by atoms with van der Waals surface area (Å²) in [4.78, 5) is 19.8. The Labute approximate surface area is 180 Å². The summed E-state index contributed by atoms with van der Waals surface area (Å²) >= 11 is 0. The normalized spacial score (nSPS) is 11.9. The van der Waals surface area contributed by atoms with Gasteiger partial charge in [0.15, 0.2) is 5.96 Å². The predicted molar refractivity (Wildman–Crippen MR) is 120 cm³/mol. The molecule has 1 amide bonds. The lowest BCUT2D eigenvalue weighted by atomic mass is 10.3. The van der Waals surface area contributed by atoms with Gasteiger partial charge in [0.2, 0.25) is 5.91 Å². The first-order chi connectivity index (χ1) is 12.4. The number of carbonyl (C=O) groups is 1. The van der Waals surface area contributed by atoms with E-state index < -0.39 is 0 Å². The predicted octanol–water partition coefficient (Wildman–Crippen LogP) is 2.46. The summed E-state index contributed by atoms with van der Waals surface area (Å²) in [6.07, 6.45) is 0.969. The molecule has 0 radical (unpaired) electrons. The van der Waals surface area contributed by atoms with Crippen molar-refractivity contribution in [2.75, 3.05) is 47.9 Å². The third-order valence-corrected chi connectivity index (χ3v) is 3.97. The summed E-state index contributed by atoms with van der Waals surface area (Å²) in [5.41, 5.74) is 0. The fourth-order valence-corrected chi connectivity index (χ4v) is 1.96. The topological polar surface area (TPSA) is 66.4 Å². The Morgan fingerprint density at radius 2 is 1.78 bits per heavy atom. The van der Waals surface area contributed by atoms with Crippen LogP contribution in [0.25, 0.3) is 0 Å². The van der Waals surface area contributed by atoms with E-state index in [1.807, 2.05) is 36.2 Å². The van der Waals surface area contributed by atoms with E-state index in [4.69, 9.17) is 9.47 Å². The van der Waals surface area contributed by atoms with Crippen LogP contribution in [0.15, 0.2) is 29.3 Å². The van der Waals surface area contributed by atoms with E-state index in [1.165, 1.54) is 4.90 Å². The zero-order valence-electron chi connectivity index (χ0n) is 17.2. The number of carbonyl (C=O) groups excluding carboxylic acids is 1. The molecule has 0 aromatic heterocycles. The van der Waals surface area contributed by atoms with Gasteiger partial charge in [-0.3, -0.25) is 4.79 Å². The zero-order chi connectivity index (χ0) is 19.5. The monoisotopic (exact) mass is 492 g/mol. The Hall–Kier alpha value is -1.71. The van der Waals surface area contributed by atoms with Crippen molar-refractivity contribution >= 4 is 35.8 Å². The molecule has 154 valence electrons. The molecule has 0 saturated carbocycles. The smallest absolute Gasteiger partial charge is 0.243 e. The maximum Gasteiger partial charge on any atom is 0.243 e. The van der Waals surface area contributed by atoms with Gasteiger partial charge in [-0.1, -0.05) is 6.92 Å². The number of ether oxygens (including phenoxy) is 2. The molecule has 0 aliphatic heterocycles. The minimum atomic E-state index is -0.0312. The minimum Gasteiger partial charge on any atom is -0.497 e.